The number of ether oxygens (including phenoxy) is 1. The SMILES string of the molecule is OCC1COCCN1c1cccc(Cl)n1. The minimum Gasteiger partial charge on any atom is -0.394 e. The topological polar surface area (TPSA) is 45.6 Å². The molecule has 2 heterocycles. The Labute approximate surface area is 93.4 Å². The van der Waals surface area contributed by atoms with Gasteiger partial charge in [0.2, 0.25) is 0 Å². The van der Waals surface area contributed by atoms with Gasteiger partial charge in [-0.15, -0.1) is 0 Å². The Morgan fingerprint density at radius 2 is 2.47 bits per heavy atom. The standard InChI is InChI=1S/C10H13ClN2O2/c11-9-2-1-3-10(12-9)13-4-5-15-7-8(13)6-14/h1-3,8,14H,4-7H2. The Balaban J connectivity index is 2.20. The number of aromatic nitrogens is 1. The third-order valence-electron chi connectivity index (χ3n) is 2.43. The minimum absolute atomic E-state index is 0.0234. The Morgan fingerprint density at radius 1 is 1.60 bits per heavy atom. The average molecular weight is 229 g/mol. The zero-order chi connectivity index (χ0) is 10.7. The average Bonchev–Trinajstić information content (AvgIpc) is 2.29. The van der Waals surface area contributed by atoms with Crippen LogP contribution in [0.1, 0.15) is 0 Å². The maximum absolute atomic E-state index is 9.21. The van der Waals surface area contributed by atoms with Gasteiger partial charge in [0.05, 0.1) is 25.9 Å². The molecule has 2 rings (SSSR count). The molecule has 1 unspecified atom stereocenters. The molecule has 0 spiro atoms. The summed E-state index contributed by atoms with van der Waals surface area (Å²) in [5.74, 6) is 0.796. The second kappa shape index (κ2) is 4.79. The molecule has 0 bridgehead atoms. The molecule has 0 amide bonds. The van der Waals surface area contributed by atoms with Gasteiger partial charge in [-0.25, -0.2) is 4.98 Å². The van der Waals surface area contributed by atoms with Crippen LogP contribution in [0.25, 0.3) is 0 Å². The first-order valence-electron chi connectivity index (χ1n) is 4.89. The van der Waals surface area contributed by atoms with E-state index in [0.717, 1.165) is 12.4 Å². The molecule has 0 radical (unpaired) electrons. The fourth-order valence-corrected chi connectivity index (χ4v) is 1.82. The van der Waals surface area contributed by atoms with E-state index >= 15 is 0 Å². The number of halogens is 1. The van der Waals surface area contributed by atoms with Crippen LogP contribution in [0.5, 0.6) is 0 Å². The number of nitrogens with zero attached hydrogens (tertiary/aromatic N) is 2. The van der Waals surface area contributed by atoms with Crippen LogP contribution < -0.4 is 4.90 Å². The number of anilines is 1. The first kappa shape index (κ1) is 10.7. The molecule has 1 atom stereocenters. The summed E-state index contributed by atoms with van der Waals surface area (Å²) in [6.07, 6.45) is 0. The first-order chi connectivity index (χ1) is 7.31. The number of rotatable bonds is 2. The quantitative estimate of drug-likeness (QED) is 0.766. The van der Waals surface area contributed by atoms with E-state index in [0.29, 0.717) is 18.4 Å². The van der Waals surface area contributed by atoms with Crippen LogP contribution in [0.2, 0.25) is 5.15 Å². The van der Waals surface area contributed by atoms with Gasteiger partial charge in [0, 0.05) is 6.54 Å². The fourth-order valence-electron chi connectivity index (χ4n) is 1.67. The molecule has 15 heavy (non-hydrogen) atoms. The maximum atomic E-state index is 9.21. The van der Waals surface area contributed by atoms with E-state index in [-0.39, 0.29) is 12.6 Å². The number of aliphatic hydroxyl groups excluding tert-OH is 1. The van der Waals surface area contributed by atoms with Crippen molar-refractivity contribution in [3.05, 3.63) is 23.4 Å². The fraction of sp³-hybridized carbons (Fsp3) is 0.500. The van der Waals surface area contributed by atoms with Crippen LogP contribution in [0.15, 0.2) is 18.2 Å². The van der Waals surface area contributed by atoms with E-state index in [1.54, 1.807) is 6.07 Å². The number of hydrogen-bond acceptors (Lipinski definition) is 4. The van der Waals surface area contributed by atoms with Gasteiger partial charge in [-0.1, -0.05) is 17.7 Å². The van der Waals surface area contributed by atoms with Gasteiger partial charge in [-0.05, 0) is 12.1 Å². The number of morpholine rings is 1. The lowest BCUT2D eigenvalue weighted by Crippen LogP contribution is -2.48. The molecule has 1 aromatic rings. The molecule has 1 aliphatic heterocycles. The zero-order valence-corrected chi connectivity index (χ0v) is 9.02. The second-order valence-corrected chi connectivity index (χ2v) is 3.81. The summed E-state index contributed by atoms with van der Waals surface area (Å²) >= 11 is 5.82. The van der Waals surface area contributed by atoms with E-state index in [2.05, 4.69) is 4.98 Å². The number of aliphatic hydroxyl groups is 1. The highest BCUT2D eigenvalue weighted by Gasteiger charge is 2.23. The molecule has 1 saturated heterocycles. The summed E-state index contributed by atoms with van der Waals surface area (Å²) in [7, 11) is 0. The Morgan fingerprint density at radius 3 is 3.20 bits per heavy atom. The Bertz CT molecular complexity index is 335. The van der Waals surface area contributed by atoms with Crippen molar-refractivity contribution in [3.8, 4) is 0 Å². The molecule has 1 aromatic heterocycles. The highest BCUT2D eigenvalue weighted by Crippen LogP contribution is 2.18. The molecule has 1 N–H and O–H groups in total. The van der Waals surface area contributed by atoms with E-state index in [4.69, 9.17) is 16.3 Å². The number of pyridine rings is 1. The van der Waals surface area contributed by atoms with Gasteiger partial charge in [0.25, 0.3) is 0 Å². The normalized spacial score (nSPS) is 21.7. The van der Waals surface area contributed by atoms with E-state index in [1.807, 2.05) is 17.0 Å². The summed E-state index contributed by atoms with van der Waals surface area (Å²) in [6.45, 7) is 1.99. The molecule has 82 valence electrons. The molecular weight excluding hydrogens is 216 g/mol. The number of hydrogen-bond donors (Lipinski definition) is 1. The lowest BCUT2D eigenvalue weighted by molar-refractivity contribution is 0.0723. The van der Waals surface area contributed by atoms with Crippen molar-refractivity contribution >= 4 is 17.4 Å². The maximum Gasteiger partial charge on any atom is 0.131 e. The molecule has 0 saturated carbocycles. The predicted octanol–water partition coefficient (Wildman–Crippen LogP) is 0.932. The van der Waals surface area contributed by atoms with Crippen molar-refractivity contribution in [2.75, 3.05) is 31.3 Å². The van der Waals surface area contributed by atoms with Crippen molar-refractivity contribution in [3.63, 3.8) is 0 Å². The molecular formula is C10H13ClN2O2. The second-order valence-electron chi connectivity index (χ2n) is 3.42. The Hall–Kier alpha value is -0.840. The minimum atomic E-state index is -0.0234. The smallest absolute Gasteiger partial charge is 0.131 e. The van der Waals surface area contributed by atoms with E-state index in [1.165, 1.54) is 0 Å². The first-order valence-corrected chi connectivity index (χ1v) is 5.27. The predicted molar refractivity (Wildman–Crippen MR) is 58.3 cm³/mol. The zero-order valence-electron chi connectivity index (χ0n) is 8.27. The van der Waals surface area contributed by atoms with Crippen molar-refractivity contribution in [2.45, 2.75) is 6.04 Å². The molecule has 1 fully saturated rings. The molecule has 0 aromatic carbocycles. The summed E-state index contributed by atoms with van der Waals surface area (Å²) in [5.41, 5.74) is 0. The molecule has 5 heteroatoms. The van der Waals surface area contributed by atoms with Crippen LogP contribution >= 0.6 is 11.6 Å². The van der Waals surface area contributed by atoms with Crippen molar-refractivity contribution in [2.24, 2.45) is 0 Å². The van der Waals surface area contributed by atoms with Gasteiger partial charge < -0.3 is 14.7 Å². The summed E-state index contributed by atoms with van der Waals surface area (Å²) in [4.78, 5) is 6.24. The summed E-state index contributed by atoms with van der Waals surface area (Å²) < 4.78 is 5.29. The van der Waals surface area contributed by atoms with Gasteiger partial charge in [-0.2, -0.15) is 0 Å². The lowest BCUT2D eigenvalue weighted by atomic mass is 10.2. The van der Waals surface area contributed by atoms with E-state index < -0.39 is 0 Å². The molecule has 1 aliphatic rings. The van der Waals surface area contributed by atoms with Gasteiger partial charge in [-0.3, -0.25) is 0 Å². The third-order valence-corrected chi connectivity index (χ3v) is 2.64. The van der Waals surface area contributed by atoms with E-state index in [9.17, 15) is 5.11 Å². The van der Waals surface area contributed by atoms with Crippen molar-refractivity contribution < 1.29 is 9.84 Å². The molecule has 4 nitrogen and oxygen atoms in total. The van der Waals surface area contributed by atoms with Gasteiger partial charge >= 0.3 is 0 Å². The van der Waals surface area contributed by atoms with Crippen LogP contribution in [0.4, 0.5) is 5.82 Å². The van der Waals surface area contributed by atoms with Crippen LogP contribution in [-0.4, -0.2) is 42.5 Å². The highest BCUT2D eigenvalue weighted by molar-refractivity contribution is 6.29. The van der Waals surface area contributed by atoms with Crippen LogP contribution in [0.3, 0.4) is 0 Å². The Kier molecular flexibility index (Phi) is 3.41. The van der Waals surface area contributed by atoms with Gasteiger partial charge in [0.1, 0.15) is 11.0 Å². The van der Waals surface area contributed by atoms with Crippen molar-refractivity contribution in [1.29, 1.82) is 0 Å². The lowest BCUT2D eigenvalue weighted by Gasteiger charge is -2.35. The van der Waals surface area contributed by atoms with Crippen LogP contribution in [-0.2, 0) is 4.74 Å². The summed E-state index contributed by atoms with van der Waals surface area (Å²) in [5, 5.41) is 9.68. The monoisotopic (exact) mass is 228 g/mol. The third kappa shape index (κ3) is 2.40. The van der Waals surface area contributed by atoms with Gasteiger partial charge in [0.15, 0.2) is 0 Å². The van der Waals surface area contributed by atoms with Crippen molar-refractivity contribution in [1.82, 2.24) is 4.98 Å². The molecule has 0 aliphatic carbocycles. The largest absolute Gasteiger partial charge is 0.394 e. The summed E-state index contributed by atoms with van der Waals surface area (Å²) in [6, 6.07) is 5.46. The highest BCUT2D eigenvalue weighted by atomic mass is 35.5. The van der Waals surface area contributed by atoms with Crippen LogP contribution in [0, 0.1) is 0 Å².